The summed E-state index contributed by atoms with van der Waals surface area (Å²) < 4.78 is 24.3. The lowest BCUT2D eigenvalue weighted by atomic mass is 9.69. The van der Waals surface area contributed by atoms with Crippen molar-refractivity contribution in [1.29, 1.82) is 0 Å². The number of rotatable bonds is 23. The standard InChI is InChI=1S/C21H31NO6.C15H26O6.C11H20O3/c1-6-16(19(25)27-5)11-15(13-28-14(2)23)12-21(3,4)20(26)22-17-7-9-18(24)10-8-17;1-7-10(11(16)20-5)8-15(4,13(19)21-6)9-14(2,3)12(17)18;1-6-9(8(2)12)7-11(3,4)10(13)14-5/h7-10,15-16,24H,6,11-13H2,1-5H3,(H,22,26);10H,7-9H2,1-6H3,(H,17,18);9H,6-7H2,1-5H3. The van der Waals surface area contributed by atoms with Gasteiger partial charge in [-0.3, -0.25) is 38.4 Å². The average Bonchev–Trinajstić information content (AvgIpc) is 3.22. The number of ether oxygens (including phenoxy) is 5. The molecule has 0 heterocycles. The van der Waals surface area contributed by atoms with Gasteiger partial charge in [-0.15, -0.1) is 0 Å². The Bertz CT molecular complexity index is 1650. The minimum atomic E-state index is -1.10. The molecule has 16 nitrogen and oxygen atoms in total. The minimum Gasteiger partial charge on any atom is -0.508 e. The molecule has 5 atom stereocenters. The van der Waals surface area contributed by atoms with Gasteiger partial charge in [0.15, 0.2) is 0 Å². The van der Waals surface area contributed by atoms with Gasteiger partial charge in [0, 0.05) is 23.9 Å². The monoisotopic (exact) mass is 896 g/mol. The van der Waals surface area contributed by atoms with Crippen molar-refractivity contribution >= 4 is 53.2 Å². The van der Waals surface area contributed by atoms with Crippen molar-refractivity contribution in [3.8, 4) is 5.75 Å². The van der Waals surface area contributed by atoms with E-state index in [0.29, 0.717) is 37.8 Å². The number of methoxy groups -OCH3 is 4. The van der Waals surface area contributed by atoms with Crippen molar-refractivity contribution in [2.75, 3.05) is 40.4 Å². The van der Waals surface area contributed by atoms with Crippen molar-refractivity contribution in [1.82, 2.24) is 0 Å². The number of Topliss-reactive ketones (excluding diaryl/α,β-unsaturated/α-hetero) is 1. The number of phenolic OH excluding ortho intramolecular Hbond substituents is 1. The highest BCUT2D eigenvalue weighted by Gasteiger charge is 2.45. The van der Waals surface area contributed by atoms with Gasteiger partial charge in [-0.1, -0.05) is 34.6 Å². The van der Waals surface area contributed by atoms with Crippen molar-refractivity contribution in [3.63, 3.8) is 0 Å². The Morgan fingerprint density at radius 2 is 1.10 bits per heavy atom. The van der Waals surface area contributed by atoms with E-state index in [0.717, 1.165) is 6.42 Å². The molecule has 0 aliphatic carbocycles. The number of hydrogen-bond acceptors (Lipinski definition) is 14. The number of hydrogen-bond donors (Lipinski definition) is 3. The highest BCUT2D eigenvalue weighted by molar-refractivity contribution is 5.94. The lowest BCUT2D eigenvalue weighted by Crippen LogP contribution is -2.40. The van der Waals surface area contributed by atoms with Crippen LogP contribution >= 0.6 is 0 Å². The topological polar surface area (TPSA) is 235 Å². The third-order valence-electron chi connectivity index (χ3n) is 11.1. The van der Waals surface area contributed by atoms with Crippen LogP contribution in [-0.2, 0) is 62.0 Å². The summed E-state index contributed by atoms with van der Waals surface area (Å²) in [6.45, 7) is 20.7. The number of phenols is 1. The molecule has 0 spiro atoms. The van der Waals surface area contributed by atoms with Crippen molar-refractivity contribution in [2.45, 2.75) is 134 Å². The highest BCUT2D eigenvalue weighted by atomic mass is 16.5. The molecule has 0 aliphatic rings. The number of aromatic hydroxyl groups is 1. The first kappa shape index (κ1) is 60.1. The summed E-state index contributed by atoms with van der Waals surface area (Å²) in [7, 11) is 5.27. The van der Waals surface area contributed by atoms with Gasteiger partial charge in [-0.2, -0.15) is 0 Å². The van der Waals surface area contributed by atoms with Gasteiger partial charge in [0.1, 0.15) is 11.5 Å². The van der Waals surface area contributed by atoms with Crippen molar-refractivity contribution in [3.05, 3.63) is 24.3 Å². The van der Waals surface area contributed by atoms with Crippen LogP contribution in [0, 0.1) is 45.3 Å². The van der Waals surface area contributed by atoms with Crippen LogP contribution in [0.25, 0.3) is 0 Å². The molecule has 0 fully saturated rings. The number of carboxylic acids is 1. The van der Waals surface area contributed by atoms with Gasteiger partial charge in [0.2, 0.25) is 5.91 Å². The number of nitrogens with one attached hydrogen (secondary N) is 1. The van der Waals surface area contributed by atoms with E-state index in [1.54, 1.807) is 39.8 Å². The van der Waals surface area contributed by atoms with Gasteiger partial charge >= 0.3 is 35.8 Å². The second-order valence-corrected chi connectivity index (χ2v) is 18.2. The molecule has 0 bridgehead atoms. The van der Waals surface area contributed by atoms with Gasteiger partial charge in [-0.05, 0) is 123 Å². The van der Waals surface area contributed by atoms with E-state index < -0.39 is 51.5 Å². The van der Waals surface area contributed by atoms with Crippen LogP contribution in [0.1, 0.15) is 134 Å². The van der Waals surface area contributed by atoms with Crippen molar-refractivity contribution < 1.29 is 72.3 Å². The van der Waals surface area contributed by atoms with Crippen LogP contribution in [0.2, 0.25) is 0 Å². The Kier molecular flexibility index (Phi) is 26.6. The number of esters is 5. The summed E-state index contributed by atoms with van der Waals surface area (Å²) in [6.07, 6.45) is 3.61. The van der Waals surface area contributed by atoms with Crippen LogP contribution in [0.4, 0.5) is 5.69 Å². The highest BCUT2D eigenvalue weighted by Crippen LogP contribution is 2.41. The van der Waals surface area contributed by atoms with Crippen LogP contribution in [0.15, 0.2) is 24.3 Å². The second-order valence-electron chi connectivity index (χ2n) is 18.2. The van der Waals surface area contributed by atoms with Crippen LogP contribution in [0.5, 0.6) is 5.75 Å². The maximum atomic E-state index is 12.8. The molecule has 1 aromatic carbocycles. The quantitative estimate of drug-likeness (QED) is 0.0537. The summed E-state index contributed by atoms with van der Waals surface area (Å²) in [5.74, 6) is -3.80. The third kappa shape index (κ3) is 21.8. The smallest absolute Gasteiger partial charge is 0.311 e. The van der Waals surface area contributed by atoms with Gasteiger partial charge in [0.25, 0.3) is 0 Å². The van der Waals surface area contributed by atoms with Gasteiger partial charge in [0.05, 0.1) is 63.1 Å². The van der Waals surface area contributed by atoms with E-state index in [2.05, 4.69) is 10.1 Å². The van der Waals surface area contributed by atoms with E-state index in [9.17, 15) is 48.6 Å². The first-order valence-electron chi connectivity index (χ1n) is 21.3. The molecule has 0 aliphatic heterocycles. The molecule has 0 saturated heterocycles. The predicted octanol–water partition coefficient (Wildman–Crippen LogP) is 7.96. The Morgan fingerprint density at radius 1 is 0.619 bits per heavy atom. The summed E-state index contributed by atoms with van der Waals surface area (Å²) in [6, 6.07) is 6.22. The molecule has 360 valence electrons. The van der Waals surface area contributed by atoms with Crippen LogP contribution in [-0.4, -0.2) is 92.8 Å². The Hall–Kier alpha value is -5.02. The summed E-state index contributed by atoms with van der Waals surface area (Å²) >= 11 is 0. The van der Waals surface area contributed by atoms with Gasteiger partial charge in [-0.25, -0.2) is 0 Å². The maximum absolute atomic E-state index is 12.8. The third-order valence-corrected chi connectivity index (χ3v) is 11.1. The largest absolute Gasteiger partial charge is 0.508 e. The summed E-state index contributed by atoms with van der Waals surface area (Å²) in [4.78, 5) is 93.7. The fourth-order valence-corrected chi connectivity index (χ4v) is 7.28. The fraction of sp³-hybridized carbons (Fsp3) is 0.702. The van der Waals surface area contributed by atoms with E-state index in [-0.39, 0.29) is 66.6 Å². The molecule has 0 saturated carbocycles. The maximum Gasteiger partial charge on any atom is 0.311 e. The number of carbonyl (C=O) groups excluding carboxylic acids is 7. The van der Waals surface area contributed by atoms with E-state index in [4.69, 9.17) is 18.9 Å². The van der Waals surface area contributed by atoms with E-state index >= 15 is 0 Å². The molecule has 3 N–H and O–H groups in total. The molecular weight excluding hydrogens is 819 g/mol. The molecule has 1 rings (SSSR count). The van der Waals surface area contributed by atoms with Crippen LogP contribution < -0.4 is 5.32 Å². The SMILES string of the molecule is CCC(CC(C)(C)C(=O)OC)C(C)=O.CCC(CC(C)(CC(C)(C)C(=O)O)C(=O)OC)C(=O)OC.CCC(CC(COC(C)=O)CC(C)(C)C(=O)Nc1ccc(O)cc1)C(=O)OC. The zero-order valence-electron chi connectivity index (χ0n) is 40.7. The molecule has 0 aromatic heterocycles. The van der Waals surface area contributed by atoms with E-state index in [1.165, 1.54) is 47.5 Å². The number of carbonyl (C=O) groups is 8. The van der Waals surface area contributed by atoms with Crippen LogP contribution in [0.3, 0.4) is 0 Å². The van der Waals surface area contributed by atoms with E-state index in [1.807, 2.05) is 48.5 Å². The summed E-state index contributed by atoms with van der Waals surface area (Å²) in [5.41, 5.74) is -2.92. The molecular formula is C47H77NO15. The molecule has 1 amide bonds. The lowest BCUT2D eigenvalue weighted by molar-refractivity contribution is -0.161. The van der Waals surface area contributed by atoms with Crippen molar-refractivity contribution in [2.24, 2.45) is 45.3 Å². The normalized spacial score (nSPS) is 14.2. The molecule has 5 unspecified atom stereocenters. The number of carboxylic acid groups (broad SMARTS) is 1. The predicted molar refractivity (Wildman–Crippen MR) is 237 cm³/mol. The Morgan fingerprint density at radius 3 is 1.49 bits per heavy atom. The fourth-order valence-electron chi connectivity index (χ4n) is 7.28. The zero-order valence-corrected chi connectivity index (χ0v) is 40.7. The number of ketones is 1. The van der Waals surface area contributed by atoms with Gasteiger partial charge < -0.3 is 39.2 Å². The molecule has 63 heavy (non-hydrogen) atoms. The Labute approximate surface area is 374 Å². The number of aliphatic carboxylic acids is 1. The number of benzene rings is 1. The first-order chi connectivity index (χ1) is 29.0. The molecule has 1 aromatic rings. The number of amides is 1. The molecule has 0 radical (unpaired) electrons. The Balaban J connectivity index is 0. The molecule has 16 heteroatoms. The first-order valence-corrected chi connectivity index (χ1v) is 21.3. The summed E-state index contributed by atoms with van der Waals surface area (Å²) in [5, 5.41) is 21.4. The minimum absolute atomic E-state index is 0.0379. The number of anilines is 1. The average molecular weight is 896 g/mol. The zero-order chi connectivity index (χ0) is 49.5. The lowest BCUT2D eigenvalue weighted by Gasteiger charge is -2.34. The second kappa shape index (κ2) is 27.9.